The lowest BCUT2D eigenvalue weighted by Crippen LogP contribution is -2.56. The highest BCUT2D eigenvalue weighted by Crippen LogP contribution is 2.20. The van der Waals surface area contributed by atoms with Gasteiger partial charge in [-0.05, 0) is 18.6 Å². The number of carbonyl (C=O) groups is 2. The van der Waals surface area contributed by atoms with Crippen LogP contribution in [0, 0.1) is 0 Å². The quantitative estimate of drug-likeness (QED) is 0.910. The predicted molar refractivity (Wildman–Crippen MR) is 79.9 cm³/mol. The summed E-state index contributed by atoms with van der Waals surface area (Å²) in [5.74, 6) is -0.203. The van der Waals surface area contributed by atoms with E-state index in [0.29, 0.717) is 30.6 Å². The second kappa shape index (κ2) is 5.52. The third-order valence-electron chi connectivity index (χ3n) is 3.84. The summed E-state index contributed by atoms with van der Waals surface area (Å²) in [6.07, 6.45) is 2.29. The molecule has 2 aromatic rings. The van der Waals surface area contributed by atoms with Crippen LogP contribution in [-0.4, -0.2) is 40.8 Å². The highest BCUT2D eigenvalue weighted by atomic mass is 16.2. The van der Waals surface area contributed by atoms with Crippen LogP contribution >= 0.6 is 0 Å². The minimum absolute atomic E-state index is 0.0784. The average molecular weight is 283 g/mol. The highest BCUT2D eigenvalue weighted by molar-refractivity contribution is 6.07. The fourth-order valence-electron chi connectivity index (χ4n) is 2.80. The molecule has 0 aliphatic carbocycles. The van der Waals surface area contributed by atoms with Gasteiger partial charge >= 0.3 is 0 Å². The molecule has 0 radical (unpaired) electrons. The molecule has 1 aliphatic rings. The normalized spacial score (nSPS) is 18.6. The van der Waals surface area contributed by atoms with Crippen molar-refractivity contribution in [3.05, 3.63) is 42.1 Å². The summed E-state index contributed by atoms with van der Waals surface area (Å²) >= 11 is 0. The third-order valence-corrected chi connectivity index (χ3v) is 3.84. The van der Waals surface area contributed by atoms with Gasteiger partial charge in [0, 0.05) is 24.7 Å². The molecule has 108 valence electrons. The number of hydrogen-bond donors (Lipinski definition) is 1. The second-order valence-corrected chi connectivity index (χ2v) is 5.09. The molecule has 1 atom stereocenters. The lowest BCUT2D eigenvalue weighted by atomic mass is 10.0. The molecule has 3 rings (SSSR count). The van der Waals surface area contributed by atoms with Crippen LogP contribution in [0.3, 0.4) is 0 Å². The number of nitrogens with one attached hydrogen (secondary N) is 1. The summed E-state index contributed by atoms with van der Waals surface area (Å²) in [4.78, 5) is 30.7. The minimum atomic E-state index is -0.398. The summed E-state index contributed by atoms with van der Waals surface area (Å²) in [7, 11) is 0. The molecule has 1 N–H and O–H groups in total. The molecule has 0 saturated carbocycles. The minimum Gasteiger partial charge on any atom is -0.353 e. The van der Waals surface area contributed by atoms with Crippen molar-refractivity contribution in [2.75, 3.05) is 13.1 Å². The van der Waals surface area contributed by atoms with Crippen LogP contribution in [0.4, 0.5) is 0 Å². The van der Waals surface area contributed by atoms with Crippen LogP contribution in [0.25, 0.3) is 10.9 Å². The van der Waals surface area contributed by atoms with Gasteiger partial charge in [0.15, 0.2) is 0 Å². The molecule has 2 amide bonds. The molecule has 1 aromatic heterocycles. The lowest BCUT2D eigenvalue weighted by molar-refractivity contribution is -0.127. The van der Waals surface area contributed by atoms with E-state index >= 15 is 0 Å². The molecule has 1 aromatic carbocycles. The summed E-state index contributed by atoms with van der Waals surface area (Å²) in [5, 5.41) is 3.74. The number of para-hydroxylation sites is 1. The number of hydrogen-bond acceptors (Lipinski definition) is 3. The lowest BCUT2D eigenvalue weighted by Gasteiger charge is -2.34. The molecule has 0 spiro atoms. The van der Waals surface area contributed by atoms with E-state index in [1.807, 2.05) is 31.2 Å². The molecular formula is C16H17N3O2. The van der Waals surface area contributed by atoms with Crippen molar-refractivity contribution in [3.63, 3.8) is 0 Å². The van der Waals surface area contributed by atoms with Gasteiger partial charge < -0.3 is 10.2 Å². The number of fused-ring (bicyclic) bond motifs is 1. The van der Waals surface area contributed by atoms with Crippen LogP contribution in [0.5, 0.6) is 0 Å². The van der Waals surface area contributed by atoms with Gasteiger partial charge in [-0.1, -0.05) is 25.1 Å². The van der Waals surface area contributed by atoms with E-state index in [1.165, 1.54) is 0 Å². The Bertz CT molecular complexity index is 693. The number of piperazine rings is 1. The fraction of sp³-hybridized carbons (Fsp3) is 0.312. The average Bonchev–Trinajstić information content (AvgIpc) is 2.53. The zero-order valence-electron chi connectivity index (χ0n) is 11.9. The maximum atomic E-state index is 12.8. The second-order valence-electron chi connectivity index (χ2n) is 5.09. The van der Waals surface area contributed by atoms with Crippen molar-refractivity contribution in [1.82, 2.24) is 15.2 Å². The number of carbonyl (C=O) groups excluding carboxylic acids is 2. The maximum absolute atomic E-state index is 12.8. The van der Waals surface area contributed by atoms with Crippen molar-refractivity contribution in [2.45, 2.75) is 19.4 Å². The van der Waals surface area contributed by atoms with Gasteiger partial charge in [0.1, 0.15) is 6.04 Å². The van der Waals surface area contributed by atoms with Gasteiger partial charge in [-0.15, -0.1) is 0 Å². The largest absolute Gasteiger partial charge is 0.353 e. The van der Waals surface area contributed by atoms with Crippen molar-refractivity contribution in [2.24, 2.45) is 0 Å². The van der Waals surface area contributed by atoms with Gasteiger partial charge in [-0.2, -0.15) is 0 Å². The monoisotopic (exact) mass is 283 g/mol. The van der Waals surface area contributed by atoms with E-state index in [9.17, 15) is 9.59 Å². The van der Waals surface area contributed by atoms with Crippen molar-refractivity contribution in [3.8, 4) is 0 Å². The third kappa shape index (κ3) is 2.35. The highest BCUT2D eigenvalue weighted by Gasteiger charge is 2.32. The Morgan fingerprint density at radius 3 is 3.00 bits per heavy atom. The van der Waals surface area contributed by atoms with Crippen molar-refractivity contribution < 1.29 is 9.59 Å². The SMILES string of the molecule is CCC1C(=O)NCCN1C(=O)c1cccc2cccnc12. The topological polar surface area (TPSA) is 62.3 Å². The molecule has 5 nitrogen and oxygen atoms in total. The van der Waals surface area contributed by atoms with Gasteiger partial charge in [0.05, 0.1) is 11.1 Å². The van der Waals surface area contributed by atoms with E-state index in [-0.39, 0.29) is 11.8 Å². The molecule has 2 heterocycles. The molecule has 0 bridgehead atoms. The number of amides is 2. The zero-order valence-corrected chi connectivity index (χ0v) is 11.9. The van der Waals surface area contributed by atoms with Crippen LogP contribution in [-0.2, 0) is 4.79 Å². The number of aromatic nitrogens is 1. The zero-order chi connectivity index (χ0) is 14.8. The van der Waals surface area contributed by atoms with Crippen LogP contribution < -0.4 is 5.32 Å². The number of rotatable bonds is 2. The van der Waals surface area contributed by atoms with E-state index in [2.05, 4.69) is 10.3 Å². The molecule has 1 aliphatic heterocycles. The van der Waals surface area contributed by atoms with E-state index in [1.54, 1.807) is 17.2 Å². The van der Waals surface area contributed by atoms with E-state index < -0.39 is 6.04 Å². The molecule has 1 unspecified atom stereocenters. The van der Waals surface area contributed by atoms with Crippen LogP contribution in [0.15, 0.2) is 36.5 Å². The molecule has 1 saturated heterocycles. The van der Waals surface area contributed by atoms with E-state index in [0.717, 1.165) is 5.39 Å². The van der Waals surface area contributed by atoms with Crippen LogP contribution in [0.2, 0.25) is 0 Å². The summed E-state index contributed by atoms with van der Waals surface area (Å²) in [5.41, 5.74) is 1.24. The maximum Gasteiger partial charge on any atom is 0.256 e. The Kier molecular flexibility index (Phi) is 3.56. The summed E-state index contributed by atoms with van der Waals surface area (Å²) < 4.78 is 0. The molecule has 21 heavy (non-hydrogen) atoms. The first-order valence-electron chi connectivity index (χ1n) is 7.15. The van der Waals surface area contributed by atoms with Crippen LogP contribution in [0.1, 0.15) is 23.7 Å². The summed E-state index contributed by atoms with van der Waals surface area (Å²) in [6.45, 7) is 2.95. The van der Waals surface area contributed by atoms with Gasteiger partial charge in [-0.25, -0.2) is 0 Å². The molecular weight excluding hydrogens is 266 g/mol. The first-order valence-corrected chi connectivity index (χ1v) is 7.15. The molecule has 5 heteroatoms. The fourth-order valence-corrected chi connectivity index (χ4v) is 2.80. The Hall–Kier alpha value is -2.43. The van der Waals surface area contributed by atoms with Crippen molar-refractivity contribution in [1.29, 1.82) is 0 Å². The smallest absolute Gasteiger partial charge is 0.256 e. The molecule has 1 fully saturated rings. The van der Waals surface area contributed by atoms with Crippen molar-refractivity contribution >= 4 is 22.7 Å². The Morgan fingerprint density at radius 2 is 2.19 bits per heavy atom. The number of pyridine rings is 1. The first kappa shape index (κ1) is 13.5. The predicted octanol–water partition coefficient (Wildman–Crippen LogP) is 1.59. The van der Waals surface area contributed by atoms with E-state index in [4.69, 9.17) is 0 Å². The standard InChI is InChI=1S/C16H17N3O2/c1-2-13-15(20)18-9-10-19(13)16(21)12-7-3-5-11-6-4-8-17-14(11)12/h3-8,13H,2,9-10H2,1H3,(H,18,20). The van der Waals surface area contributed by atoms with Gasteiger partial charge in [0.25, 0.3) is 5.91 Å². The Labute approximate surface area is 123 Å². The van der Waals surface area contributed by atoms with Gasteiger partial charge in [0.2, 0.25) is 5.91 Å². The Balaban J connectivity index is 2.02. The Morgan fingerprint density at radius 1 is 1.38 bits per heavy atom. The number of benzene rings is 1. The first-order chi connectivity index (χ1) is 10.2. The number of nitrogens with zero attached hydrogens (tertiary/aromatic N) is 2. The summed E-state index contributed by atoms with van der Waals surface area (Å²) in [6, 6.07) is 8.93. The van der Waals surface area contributed by atoms with Gasteiger partial charge in [-0.3, -0.25) is 14.6 Å².